The second-order valence-corrected chi connectivity index (χ2v) is 11.2. The number of carbonyl (C=O) groups excluding carboxylic acids is 2. The molecule has 1 aliphatic heterocycles. The summed E-state index contributed by atoms with van der Waals surface area (Å²) in [4.78, 5) is 28.4. The van der Waals surface area contributed by atoms with E-state index < -0.39 is 21.5 Å². The second-order valence-electron chi connectivity index (χ2n) is 9.30. The van der Waals surface area contributed by atoms with Crippen LogP contribution in [0.4, 0.5) is 5.69 Å². The fourth-order valence-corrected chi connectivity index (χ4v) is 5.51. The smallest absolute Gasteiger partial charge is 0.247 e. The predicted octanol–water partition coefficient (Wildman–Crippen LogP) is 3.26. The van der Waals surface area contributed by atoms with Gasteiger partial charge in [-0.3, -0.25) is 14.5 Å². The molecule has 1 heterocycles. The Morgan fingerprint density at radius 2 is 1.76 bits per heavy atom. The van der Waals surface area contributed by atoms with E-state index in [2.05, 4.69) is 19.2 Å². The van der Waals surface area contributed by atoms with Gasteiger partial charge >= 0.3 is 0 Å². The van der Waals surface area contributed by atoms with Crippen LogP contribution in [0, 0.1) is 19.8 Å². The van der Waals surface area contributed by atoms with Crippen molar-refractivity contribution < 1.29 is 18.0 Å². The zero-order valence-electron chi connectivity index (χ0n) is 20.0. The number of hydrogen-bond donors (Lipinski definition) is 1. The first-order valence-corrected chi connectivity index (χ1v) is 12.6. The lowest BCUT2D eigenvalue weighted by atomic mass is 9.93. The van der Waals surface area contributed by atoms with Gasteiger partial charge in [-0.1, -0.05) is 38.1 Å². The molecule has 0 saturated carbocycles. The average molecular weight is 472 g/mol. The number of piperazine rings is 1. The van der Waals surface area contributed by atoms with Crippen molar-refractivity contribution in [2.75, 3.05) is 24.5 Å². The molecule has 178 valence electrons. The van der Waals surface area contributed by atoms with E-state index >= 15 is 0 Å². The number of nitrogens with one attached hydrogen (secondary N) is 1. The molecule has 0 spiro atoms. The Morgan fingerprint density at radius 3 is 2.36 bits per heavy atom. The van der Waals surface area contributed by atoms with Gasteiger partial charge in [-0.25, -0.2) is 8.42 Å². The highest BCUT2D eigenvalue weighted by atomic mass is 32.2. The maximum atomic E-state index is 13.5. The van der Waals surface area contributed by atoms with E-state index in [-0.39, 0.29) is 23.9 Å². The van der Waals surface area contributed by atoms with Gasteiger partial charge in [0.2, 0.25) is 21.8 Å². The summed E-state index contributed by atoms with van der Waals surface area (Å²) in [6.45, 7) is 9.66. The molecule has 1 N–H and O–H groups in total. The third-order valence-electron chi connectivity index (χ3n) is 6.16. The second kappa shape index (κ2) is 9.65. The molecule has 0 aliphatic carbocycles. The summed E-state index contributed by atoms with van der Waals surface area (Å²) >= 11 is 0. The minimum Gasteiger partial charge on any atom is -0.354 e. The first-order chi connectivity index (χ1) is 15.5. The van der Waals surface area contributed by atoms with Crippen molar-refractivity contribution in [1.82, 2.24) is 9.62 Å². The SMILES string of the molecule is Cc1ccc(N2C(=O)CN(S(=O)(=O)c3ccccc3)C[C@]2(C)C(=O)NCCC(C)C)cc1C. The Kier molecular flexibility index (Phi) is 7.29. The number of amides is 2. The Hall–Kier alpha value is -2.71. The fraction of sp³-hybridized carbons (Fsp3) is 0.440. The predicted molar refractivity (Wildman–Crippen MR) is 129 cm³/mol. The normalized spacial score (nSPS) is 19.7. The first kappa shape index (κ1) is 24.9. The Balaban J connectivity index is 2.02. The molecule has 7 nitrogen and oxygen atoms in total. The van der Waals surface area contributed by atoms with Crippen LogP contribution in [-0.4, -0.2) is 49.7 Å². The van der Waals surface area contributed by atoms with Gasteiger partial charge in [0.25, 0.3) is 0 Å². The van der Waals surface area contributed by atoms with E-state index in [9.17, 15) is 18.0 Å². The molecule has 1 atom stereocenters. The lowest BCUT2D eigenvalue weighted by Gasteiger charge is -2.46. The zero-order valence-corrected chi connectivity index (χ0v) is 20.8. The van der Waals surface area contributed by atoms with Crippen LogP contribution in [0.1, 0.15) is 38.3 Å². The highest BCUT2D eigenvalue weighted by molar-refractivity contribution is 7.89. The standard InChI is InChI=1S/C25H33N3O4S/c1-18(2)13-14-26-24(30)25(5)17-27(33(31,32)22-9-7-6-8-10-22)16-23(29)28(25)21-12-11-19(3)20(4)15-21/h6-12,15,18H,13-14,16-17H2,1-5H3,(H,26,30)/t25-/m1/s1. The van der Waals surface area contributed by atoms with Crippen molar-refractivity contribution >= 4 is 27.5 Å². The van der Waals surface area contributed by atoms with Crippen LogP contribution < -0.4 is 10.2 Å². The molecule has 0 unspecified atom stereocenters. The molecule has 2 aromatic rings. The minimum absolute atomic E-state index is 0.0972. The van der Waals surface area contributed by atoms with Gasteiger partial charge in [0.05, 0.1) is 11.4 Å². The van der Waals surface area contributed by atoms with Crippen LogP contribution >= 0.6 is 0 Å². The molecule has 2 amide bonds. The molecule has 0 radical (unpaired) electrons. The monoisotopic (exact) mass is 471 g/mol. The van der Waals surface area contributed by atoms with Crippen LogP contribution in [0.15, 0.2) is 53.4 Å². The fourth-order valence-electron chi connectivity index (χ4n) is 4.01. The number of rotatable bonds is 7. The Labute approximate surface area is 196 Å². The van der Waals surface area contributed by atoms with Gasteiger partial charge in [-0.05, 0) is 68.5 Å². The van der Waals surface area contributed by atoms with Crippen LogP contribution in [0.25, 0.3) is 0 Å². The maximum Gasteiger partial charge on any atom is 0.247 e. The molecule has 0 aromatic heterocycles. The van der Waals surface area contributed by atoms with E-state index in [1.54, 1.807) is 31.2 Å². The maximum absolute atomic E-state index is 13.5. The number of anilines is 1. The zero-order chi connectivity index (χ0) is 24.4. The summed E-state index contributed by atoms with van der Waals surface area (Å²) in [5.41, 5.74) is 1.23. The highest BCUT2D eigenvalue weighted by Crippen LogP contribution is 2.33. The largest absolute Gasteiger partial charge is 0.354 e. The van der Waals surface area contributed by atoms with Crippen LogP contribution in [-0.2, 0) is 19.6 Å². The Morgan fingerprint density at radius 1 is 1.09 bits per heavy atom. The van der Waals surface area contributed by atoms with E-state index in [4.69, 9.17) is 0 Å². The van der Waals surface area contributed by atoms with Crippen molar-refractivity contribution in [2.24, 2.45) is 5.92 Å². The summed E-state index contributed by atoms with van der Waals surface area (Å²) in [6, 6.07) is 13.6. The lowest BCUT2D eigenvalue weighted by Crippen LogP contribution is -2.70. The lowest BCUT2D eigenvalue weighted by molar-refractivity contribution is -0.132. The summed E-state index contributed by atoms with van der Waals surface area (Å²) in [5, 5.41) is 2.93. The van der Waals surface area contributed by atoms with Crippen LogP contribution in [0.3, 0.4) is 0 Å². The number of nitrogens with zero attached hydrogens (tertiary/aromatic N) is 2. The summed E-state index contributed by atoms with van der Waals surface area (Å²) < 4.78 is 27.7. The third kappa shape index (κ3) is 5.12. The molecule has 8 heteroatoms. The molecule has 2 aromatic carbocycles. The summed E-state index contributed by atoms with van der Waals surface area (Å²) in [6.07, 6.45) is 0.783. The molecule has 1 aliphatic rings. The van der Waals surface area contributed by atoms with Crippen LogP contribution in [0.2, 0.25) is 0 Å². The van der Waals surface area contributed by atoms with Crippen molar-refractivity contribution in [2.45, 2.75) is 51.5 Å². The minimum atomic E-state index is -3.95. The van der Waals surface area contributed by atoms with Crippen molar-refractivity contribution in [3.63, 3.8) is 0 Å². The van der Waals surface area contributed by atoms with Crippen molar-refractivity contribution in [3.05, 3.63) is 59.7 Å². The Bertz CT molecular complexity index is 1130. The molecular formula is C25H33N3O4S. The van der Waals surface area contributed by atoms with Crippen LogP contribution in [0.5, 0.6) is 0 Å². The van der Waals surface area contributed by atoms with E-state index in [1.165, 1.54) is 17.0 Å². The number of aryl methyl sites for hydroxylation is 2. The van der Waals surface area contributed by atoms with E-state index in [0.29, 0.717) is 18.2 Å². The molecular weight excluding hydrogens is 438 g/mol. The number of sulfonamides is 1. The average Bonchev–Trinajstić information content (AvgIpc) is 2.76. The summed E-state index contributed by atoms with van der Waals surface area (Å²) in [5.74, 6) is -0.412. The molecule has 1 fully saturated rings. The topological polar surface area (TPSA) is 86.8 Å². The van der Waals surface area contributed by atoms with E-state index in [1.807, 2.05) is 26.0 Å². The van der Waals surface area contributed by atoms with Gasteiger partial charge in [0, 0.05) is 18.8 Å². The van der Waals surface area contributed by atoms with Crippen molar-refractivity contribution in [1.29, 1.82) is 0 Å². The third-order valence-corrected chi connectivity index (χ3v) is 7.97. The summed E-state index contributed by atoms with van der Waals surface area (Å²) in [7, 11) is -3.95. The van der Waals surface area contributed by atoms with Gasteiger partial charge in [0.1, 0.15) is 5.54 Å². The van der Waals surface area contributed by atoms with Crippen molar-refractivity contribution in [3.8, 4) is 0 Å². The first-order valence-electron chi connectivity index (χ1n) is 11.2. The van der Waals surface area contributed by atoms with Gasteiger partial charge in [0.15, 0.2) is 0 Å². The van der Waals surface area contributed by atoms with Gasteiger partial charge in [-0.15, -0.1) is 0 Å². The van der Waals surface area contributed by atoms with Gasteiger partial charge < -0.3 is 5.32 Å². The van der Waals surface area contributed by atoms with E-state index in [0.717, 1.165) is 21.9 Å². The molecule has 33 heavy (non-hydrogen) atoms. The molecule has 0 bridgehead atoms. The number of benzene rings is 2. The molecule has 1 saturated heterocycles. The van der Waals surface area contributed by atoms with Gasteiger partial charge in [-0.2, -0.15) is 4.31 Å². The highest BCUT2D eigenvalue weighted by Gasteiger charge is 2.51. The number of hydrogen-bond acceptors (Lipinski definition) is 4. The quantitative estimate of drug-likeness (QED) is 0.672. The molecule has 3 rings (SSSR count). The number of carbonyl (C=O) groups is 2.